The number of aliphatic imine (C=N–C) groups is 1. The van der Waals surface area contributed by atoms with Crippen LogP contribution in [0.2, 0.25) is 0 Å². The van der Waals surface area contributed by atoms with Gasteiger partial charge in [0.15, 0.2) is 18.1 Å². The van der Waals surface area contributed by atoms with Gasteiger partial charge in [0.2, 0.25) is 0 Å². The molecule has 0 aromatic heterocycles. The van der Waals surface area contributed by atoms with Crippen LogP contribution in [0.1, 0.15) is 5.56 Å². The van der Waals surface area contributed by atoms with Crippen LogP contribution in [-0.2, 0) is 0 Å². The molecule has 0 radical (unpaired) electrons. The molecule has 0 atom stereocenters. The van der Waals surface area contributed by atoms with E-state index >= 15 is 0 Å². The summed E-state index contributed by atoms with van der Waals surface area (Å²) in [6.45, 7) is -0.121. The van der Waals surface area contributed by atoms with Gasteiger partial charge >= 0.3 is 6.18 Å². The van der Waals surface area contributed by atoms with Crippen molar-refractivity contribution in [1.82, 2.24) is 5.32 Å². The Labute approximate surface area is 108 Å². The molecule has 1 aliphatic heterocycles. The van der Waals surface area contributed by atoms with Crippen molar-refractivity contribution < 1.29 is 22.6 Å². The van der Waals surface area contributed by atoms with Crippen molar-refractivity contribution in [3.63, 3.8) is 0 Å². The Balaban J connectivity index is 2.31. The lowest BCUT2D eigenvalue weighted by Gasteiger charge is -2.16. The van der Waals surface area contributed by atoms with E-state index in [-0.39, 0.29) is 11.5 Å². The number of nitrogens with zero attached hydrogens (tertiary/aromatic N) is 1. The maximum Gasteiger partial charge on any atom is 0.422 e. The molecule has 1 N–H and O–H groups in total. The molecule has 1 heterocycles. The Hall–Kier alpha value is -1.92. The number of benzene rings is 1. The van der Waals surface area contributed by atoms with E-state index in [0.717, 1.165) is 0 Å². The lowest BCUT2D eigenvalue weighted by Crippen LogP contribution is -2.23. The van der Waals surface area contributed by atoms with Crippen LogP contribution in [0, 0.1) is 0 Å². The standard InChI is InChI=1S/C12H13F3N2O2/c1-18-9-4-2-3-8(11-16-5-6-17-11)10(9)19-7-12(13,14)15/h2-4H,5-7H2,1H3,(H,16,17). The minimum atomic E-state index is -4.40. The molecule has 2 rings (SSSR count). The number of nitrogens with one attached hydrogen (secondary N) is 1. The molecule has 0 aliphatic carbocycles. The highest BCUT2D eigenvalue weighted by Crippen LogP contribution is 2.33. The first kappa shape index (κ1) is 13.5. The summed E-state index contributed by atoms with van der Waals surface area (Å²) < 4.78 is 46.7. The Bertz CT molecular complexity index is 486. The lowest BCUT2D eigenvalue weighted by molar-refractivity contribution is -0.153. The number of hydrogen-bond acceptors (Lipinski definition) is 4. The highest BCUT2D eigenvalue weighted by molar-refractivity contribution is 6.02. The summed E-state index contributed by atoms with van der Waals surface area (Å²) in [6, 6.07) is 4.87. The van der Waals surface area contributed by atoms with Crippen LogP contribution >= 0.6 is 0 Å². The first-order valence-electron chi connectivity index (χ1n) is 5.66. The van der Waals surface area contributed by atoms with Gasteiger partial charge in [0, 0.05) is 6.54 Å². The predicted molar refractivity (Wildman–Crippen MR) is 64.0 cm³/mol. The minimum Gasteiger partial charge on any atom is -0.493 e. The van der Waals surface area contributed by atoms with E-state index in [1.54, 1.807) is 18.2 Å². The van der Waals surface area contributed by atoms with Crippen LogP contribution in [0.25, 0.3) is 0 Å². The van der Waals surface area contributed by atoms with Crippen molar-refractivity contribution in [2.24, 2.45) is 4.99 Å². The number of hydrogen-bond donors (Lipinski definition) is 1. The second-order valence-corrected chi connectivity index (χ2v) is 3.90. The number of halogens is 3. The van der Waals surface area contributed by atoms with Gasteiger partial charge < -0.3 is 14.8 Å². The van der Waals surface area contributed by atoms with Gasteiger partial charge in [0.25, 0.3) is 0 Å². The number of ether oxygens (including phenoxy) is 2. The van der Waals surface area contributed by atoms with E-state index in [9.17, 15) is 13.2 Å². The molecule has 0 unspecified atom stereocenters. The van der Waals surface area contributed by atoms with E-state index in [1.165, 1.54) is 7.11 Å². The first-order chi connectivity index (χ1) is 9.01. The van der Waals surface area contributed by atoms with Gasteiger partial charge in [-0.15, -0.1) is 0 Å². The Morgan fingerprint density at radius 1 is 1.37 bits per heavy atom. The van der Waals surface area contributed by atoms with Gasteiger partial charge in [-0.05, 0) is 12.1 Å². The van der Waals surface area contributed by atoms with Crippen molar-refractivity contribution in [3.8, 4) is 11.5 Å². The van der Waals surface area contributed by atoms with E-state index in [4.69, 9.17) is 9.47 Å². The Morgan fingerprint density at radius 2 is 2.16 bits per heavy atom. The van der Waals surface area contributed by atoms with Crippen molar-refractivity contribution in [3.05, 3.63) is 23.8 Å². The average Bonchev–Trinajstić information content (AvgIpc) is 2.88. The topological polar surface area (TPSA) is 42.8 Å². The SMILES string of the molecule is COc1cccc(C2=NCCN2)c1OCC(F)(F)F. The zero-order valence-electron chi connectivity index (χ0n) is 10.3. The number of amidine groups is 1. The van der Waals surface area contributed by atoms with E-state index < -0.39 is 12.8 Å². The quantitative estimate of drug-likeness (QED) is 0.913. The van der Waals surface area contributed by atoms with Crippen molar-refractivity contribution >= 4 is 5.84 Å². The number of methoxy groups -OCH3 is 1. The predicted octanol–water partition coefficient (Wildman–Crippen LogP) is 1.99. The van der Waals surface area contributed by atoms with Crippen LogP contribution in [0.3, 0.4) is 0 Å². The maximum atomic E-state index is 12.3. The Morgan fingerprint density at radius 3 is 2.74 bits per heavy atom. The molecule has 1 aromatic carbocycles. The molecule has 0 bridgehead atoms. The third kappa shape index (κ3) is 3.30. The normalized spacial score (nSPS) is 14.8. The molecule has 1 aromatic rings. The lowest BCUT2D eigenvalue weighted by atomic mass is 10.1. The van der Waals surface area contributed by atoms with E-state index in [0.29, 0.717) is 24.5 Å². The van der Waals surface area contributed by atoms with Gasteiger partial charge in [-0.2, -0.15) is 13.2 Å². The summed E-state index contributed by atoms with van der Waals surface area (Å²) >= 11 is 0. The van der Waals surface area contributed by atoms with Gasteiger partial charge in [-0.3, -0.25) is 4.99 Å². The highest BCUT2D eigenvalue weighted by atomic mass is 19.4. The third-order valence-electron chi connectivity index (χ3n) is 2.51. The summed E-state index contributed by atoms with van der Waals surface area (Å²) in [4.78, 5) is 4.18. The molecule has 4 nitrogen and oxygen atoms in total. The molecule has 0 saturated carbocycles. The summed E-state index contributed by atoms with van der Waals surface area (Å²) in [5.74, 6) is 0.824. The number of para-hydroxylation sites is 1. The van der Waals surface area contributed by atoms with Crippen LogP contribution in [0.4, 0.5) is 13.2 Å². The van der Waals surface area contributed by atoms with Crippen LogP contribution in [-0.4, -0.2) is 38.8 Å². The molecule has 7 heteroatoms. The van der Waals surface area contributed by atoms with Gasteiger partial charge in [-0.1, -0.05) is 6.07 Å². The second kappa shape index (κ2) is 5.38. The molecule has 1 aliphatic rings. The molecule has 0 saturated heterocycles. The molecule has 104 valence electrons. The zero-order valence-corrected chi connectivity index (χ0v) is 10.3. The molecule has 19 heavy (non-hydrogen) atoms. The highest BCUT2D eigenvalue weighted by Gasteiger charge is 2.30. The van der Waals surface area contributed by atoms with Crippen LogP contribution in [0.15, 0.2) is 23.2 Å². The molecule has 0 spiro atoms. The summed E-state index contributed by atoms with van der Waals surface area (Å²) in [6.07, 6.45) is -4.40. The van der Waals surface area contributed by atoms with Crippen molar-refractivity contribution in [1.29, 1.82) is 0 Å². The fourth-order valence-corrected chi connectivity index (χ4v) is 1.74. The summed E-state index contributed by atoms with van der Waals surface area (Å²) in [5.41, 5.74) is 0.473. The number of rotatable bonds is 4. The summed E-state index contributed by atoms with van der Waals surface area (Å²) in [5, 5.41) is 2.99. The smallest absolute Gasteiger partial charge is 0.422 e. The Kier molecular flexibility index (Phi) is 3.82. The molecular weight excluding hydrogens is 261 g/mol. The van der Waals surface area contributed by atoms with Gasteiger partial charge in [-0.25, -0.2) is 0 Å². The van der Waals surface area contributed by atoms with Crippen molar-refractivity contribution in [2.75, 3.05) is 26.8 Å². The monoisotopic (exact) mass is 274 g/mol. The largest absolute Gasteiger partial charge is 0.493 e. The minimum absolute atomic E-state index is 0.0514. The number of alkyl halides is 3. The van der Waals surface area contributed by atoms with Gasteiger partial charge in [0.1, 0.15) is 5.84 Å². The van der Waals surface area contributed by atoms with Crippen molar-refractivity contribution in [2.45, 2.75) is 6.18 Å². The maximum absolute atomic E-state index is 12.3. The molecule has 0 amide bonds. The average molecular weight is 274 g/mol. The fraction of sp³-hybridized carbons (Fsp3) is 0.417. The molecular formula is C12H13F3N2O2. The van der Waals surface area contributed by atoms with E-state index in [2.05, 4.69) is 10.3 Å². The molecule has 0 fully saturated rings. The second-order valence-electron chi connectivity index (χ2n) is 3.90. The van der Waals surface area contributed by atoms with Gasteiger partial charge in [0.05, 0.1) is 19.2 Å². The van der Waals surface area contributed by atoms with Crippen LogP contribution in [0.5, 0.6) is 11.5 Å². The van der Waals surface area contributed by atoms with Crippen LogP contribution < -0.4 is 14.8 Å². The third-order valence-corrected chi connectivity index (χ3v) is 2.51. The zero-order chi connectivity index (χ0) is 13.9. The summed E-state index contributed by atoms with van der Waals surface area (Å²) in [7, 11) is 1.38. The fourth-order valence-electron chi connectivity index (χ4n) is 1.74. The van der Waals surface area contributed by atoms with E-state index in [1.807, 2.05) is 0 Å². The first-order valence-corrected chi connectivity index (χ1v) is 5.66.